The molecular formula is C12H26. The third kappa shape index (κ3) is 4.13. The molecule has 0 amide bonds. The molecule has 1 unspecified atom stereocenters. The summed E-state index contributed by atoms with van der Waals surface area (Å²) < 4.78 is 0. The van der Waals surface area contributed by atoms with Gasteiger partial charge in [-0.2, -0.15) is 0 Å². The van der Waals surface area contributed by atoms with Crippen molar-refractivity contribution in [1.82, 2.24) is 0 Å². The molecule has 0 aromatic heterocycles. The molecule has 0 spiro atoms. The summed E-state index contributed by atoms with van der Waals surface area (Å²) in [5.41, 5.74) is 0.489. The van der Waals surface area contributed by atoms with Crippen LogP contribution in [0.3, 0.4) is 0 Å². The minimum absolute atomic E-state index is 0.489. The molecule has 0 saturated heterocycles. The van der Waals surface area contributed by atoms with Crippen molar-refractivity contribution in [2.45, 2.75) is 60.8 Å². The fourth-order valence-electron chi connectivity index (χ4n) is 2.19. The maximum Gasteiger partial charge on any atom is -0.0342 e. The molecule has 1 atom stereocenters. The first-order valence-corrected chi connectivity index (χ1v) is 5.39. The van der Waals surface area contributed by atoms with Gasteiger partial charge < -0.3 is 0 Å². The van der Waals surface area contributed by atoms with Crippen molar-refractivity contribution >= 4 is 0 Å². The average molecular weight is 170 g/mol. The molecule has 0 aliphatic heterocycles. The lowest BCUT2D eigenvalue weighted by atomic mass is 9.72. The smallest absolute Gasteiger partial charge is 0.0342 e. The molecular weight excluding hydrogens is 144 g/mol. The summed E-state index contributed by atoms with van der Waals surface area (Å²) in [6, 6.07) is 0. The zero-order valence-electron chi connectivity index (χ0n) is 9.78. The number of unbranched alkanes of at least 4 members (excludes halogenated alkanes) is 1. The van der Waals surface area contributed by atoms with E-state index in [-0.39, 0.29) is 0 Å². The highest BCUT2D eigenvalue weighted by Gasteiger charge is 2.26. The Balaban J connectivity index is 4.05. The second-order valence-electron chi connectivity index (χ2n) is 5.36. The standard InChI is InChI=1S/C12H26/c1-7-8-9-11(10(2)3)12(4,5)6/h10-11H,7-9H2,1-6H3. The topological polar surface area (TPSA) is 0 Å². The Morgan fingerprint density at radius 3 is 1.83 bits per heavy atom. The van der Waals surface area contributed by atoms with E-state index >= 15 is 0 Å². The molecule has 0 N–H and O–H groups in total. The summed E-state index contributed by atoms with van der Waals surface area (Å²) in [5, 5.41) is 0. The summed E-state index contributed by atoms with van der Waals surface area (Å²) >= 11 is 0. The van der Waals surface area contributed by atoms with Gasteiger partial charge in [-0.15, -0.1) is 0 Å². The second-order valence-corrected chi connectivity index (χ2v) is 5.36. The van der Waals surface area contributed by atoms with E-state index in [0.29, 0.717) is 5.41 Å². The number of hydrogen-bond donors (Lipinski definition) is 0. The van der Waals surface area contributed by atoms with E-state index in [0.717, 1.165) is 11.8 Å². The van der Waals surface area contributed by atoms with Gasteiger partial charge in [0.05, 0.1) is 0 Å². The zero-order valence-corrected chi connectivity index (χ0v) is 9.78. The van der Waals surface area contributed by atoms with Crippen molar-refractivity contribution in [2.75, 3.05) is 0 Å². The van der Waals surface area contributed by atoms with Gasteiger partial charge in [-0.25, -0.2) is 0 Å². The van der Waals surface area contributed by atoms with Crippen molar-refractivity contribution in [2.24, 2.45) is 17.3 Å². The molecule has 0 aliphatic rings. The third-order valence-electron chi connectivity index (χ3n) is 2.79. The van der Waals surface area contributed by atoms with Crippen LogP contribution in [-0.2, 0) is 0 Å². The van der Waals surface area contributed by atoms with Gasteiger partial charge in [0.2, 0.25) is 0 Å². The highest BCUT2D eigenvalue weighted by atomic mass is 14.3. The van der Waals surface area contributed by atoms with Crippen LogP contribution in [0.4, 0.5) is 0 Å². The predicted molar refractivity (Wildman–Crippen MR) is 57.3 cm³/mol. The summed E-state index contributed by atoms with van der Waals surface area (Å²) in [5.74, 6) is 1.72. The Bertz CT molecular complexity index is 106. The number of hydrogen-bond acceptors (Lipinski definition) is 0. The lowest BCUT2D eigenvalue weighted by Crippen LogP contribution is -2.25. The van der Waals surface area contributed by atoms with Gasteiger partial charge in [0.15, 0.2) is 0 Å². The van der Waals surface area contributed by atoms with E-state index in [9.17, 15) is 0 Å². The maximum absolute atomic E-state index is 2.37. The molecule has 0 bridgehead atoms. The van der Waals surface area contributed by atoms with E-state index < -0.39 is 0 Å². The third-order valence-corrected chi connectivity index (χ3v) is 2.79. The molecule has 0 radical (unpaired) electrons. The van der Waals surface area contributed by atoms with Crippen molar-refractivity contribution in [3.63, 3.8) is 0 Å². The Hall–Kier alpha value is 0. The van der Waals surface area contributed by atoms with Crippen molar-refractivity contribution in [1.29, 1.82) is 0 Å². The quantitative estimate of drug-likeness (QED) is 0.583. The molecule has 0 aromatic carbocycles. The van der Waals surface area contributed by atoms with Crippen LogP contribution in [0, 0.1) is 17.3 Å². The van der Waals surface area contributed by atoms with Gasteiger partial charge in [0.25, 0.3) is 0 Å². The molecule has 0 aliphatic carbocycles. The van der Waals surface area contributed by atoms with Gasteiger partial charge in [-0.05, 0) is 23.7 Å². The van der Waals surface area contributed by atoms with Crippen molar-refractivity contribution < 1.29 is 0 Å². The van der Waals surface area contributed by atoms with Crippen LogP contribution in [0.5, 0.6) is 0 Å². The Kier molecular flexibility index (Phi) is 4.89. The first-order valence-electron chi connectivity index (χ1n) is 5.39. The Morgan fingerprint density at radius 1 is 1.08 bits per heavy atom. The largest absolute Gasteiger partial charge is 0.0654 e. The van der Waals surface area contributed by atoms with Crippen LogP contribution in [-0.4, -0.2) is 0 Å². The van der Waals surface area contributed by atoms with E-state index in [2.05, 4.69) is 41.5 Å². The van der Waals surface area contributed by atoms with E-state index in [1.54, 1.807) is 0 Å². The molecule has 74 valence electrons. The monoisotopic (exact) mass is 170 g/mol. The van der Waals surface area contributed by atoms with Crippen LogP contribution in [0.15, 0.2) is 0 Å². The maximum atomic E-state index is 2.37. The molecule has 0 rings (SSSR count). The molecule has 12 heavy (non-hydrogen) atoms. The molecule has 0 heterocycles. The van der Waals surface area contributed by atoms with Gasteiger partial charge in [-0.1, -0.05) is 54.4 Å². The molecule has 0 nitrogen and oxygen atoms in total. The lowest BCUT2D eigenvalue weighted by Gasteiger charge is -2.34. The van der Waals surface area contributed by atoms with Crippen molar-refractivity contribution in [3.05, 3.63) is 0 Å². The Labute approximate surface area is 78.8 Å². The predicted octanol–water partition coefficient (Wildman–Crippen LogP) is 4.49. The van der Waals surface area contributed by atoms with Gasteiger partial charge in [0, 0.05) is 0 Å². The molecule has 0 heteroatoms. The average Bonchev–Trinajstić information content (AvgIpc) is 1.84. The van der Waals surface area contributed by atoms with Gasteiger partial charge >= 0.3 is 0 Å². The van der Waals surface area contributed by atoms with Gasteiger partial charge in [-0.3, -0.25) is 0 Å². The Morgan fingerprint density at radius 2 is 1.58 bits per heavy atom. The highest BCUT2D eigenvalue weighted by Crippen LogP contribution is 2.35. The first-order chi connectivity index (χ1) is 5.39. The fourth-order valence-corrected chi connectivity index (χ4v) is 2.19. The summed E-state index contributed by atoms with van der Waals surface area (Å²) in [6.07, 6.45) is 4.12. The minimum Gasteiger partial charge on any atom is -0.0654 e. The van der Waals surface area contributed by atoms with Crippen LogP contribution in [0.1, 0.15) is 60.8 Å². The van der Waals surface area contributed by atoms with Crippen LogP contribution in [0.25, 0.3) is 0 Å². The zero-order chi connectivity index (χ0) is 9.78. The van der Waals surface area contributed by atoms with E-state index in [4.69, 9.17) is 0 Å². The summed E-state index contributed by atoms with van der Waals surface area (Å²) in [4.78, 5) is 0. The fraction of sp³-hybridized carbons (Fsp3) is 1.00. The summed E-state index contributed by atoms with van der Waals surface area (Å²) in [6.45, 7) is 14.1. The first kappa shape index (κ1) is 12.0. The van der Waals surface area contributed by atoms with Crippen LogP contribution in [0.2, 0.25) is 0 Å². The van der Waals surface area contributed by atoms with Crippen molar-refractivity contribution in [3.8, 4) is 0 Å². The molecule has 0 fully saturated rings. The van der Waals surface area contributed by atoms with Gasteiger partial charge in [0.1, 0.15) is 0 Å². The minimum atomic E-state index is 0.489. The van der Waals surface area contributed by atoms with Crippen LogP contribution < -0.4 is 0 Å². The lowest BCUT2D eigenvalue weighted by molar-refractivity contribution is 0.162. The SMILES string of the molecule is CCCCC(C(C)C)C(C)(C)C. The highest BCUT2D eigenvalue weighted by molar-refractivity contribution is 4.76. The normalized spacial score (nSPS) is 15.2. The molecule has 0 saturated carbocycles. The molecule has 0 aromatic rings. The van der Waals surface area contributed by atoms with Crippen LogP contribution >= 0.6 is 0 Å². The van der Waals surface area contributed by atoms with E-state index in [1.807, 2.05) is 0 Å². The summed E-state index contributed by atoms with van der Waals surface area (Å²) in [7, 11) is 0. The number of rotatable bonds is 4. The van der Waals surface area contributed by atoms with E-state index in [1.165, 1.54) is 19.3 Å². The second kappa shape index (κ2) is 4.89.